The minimum absolute atomic E-state index is 0.0297. The molecule has 2 heterocycles. The number of carbonyl (C=O) groups excluding carboxylic acids is 5. The number of Topliss-reactive ketones (excluding diaryl/α,β-unsaturated/α-hetero) is 3. The van der Waals surface area contributed by atoms with Gasteiger partial charge >= 0.3 is 0 Å². The first kappa shape index (κ1) is 55.9. The summed E-state index contributed by atoms with van der Waals surface area (Å²) in [5, 5.41) is 32.8. The van der Waals surface area contributed by atoms with Gasteiger partial charge in [-0.05, 0) is 120 Å². The smallest absolute Gasteiger partial charge is 0.296 e. The lowest BCUT2D eigenvalue weighted by atomic mass is 9.80. The molecule has 0 aromatic heterocycles. The molecule has 1 amide bonds. The summed E-state index contributed by atoms with van der Waals surface area (Å²) in [5.41, 5.74) is 1.38. The van der Waals surface area contributed by atoms with E-state index < -0.39 is 65.7 Å². The van der Waals surface area contributed by atoms with Crippen LogP contribution in [-0.4, -0.2) is 126 Å². The first-order valence-corrected chi connectivity index (χ1v) is 23.8. The predicted molar refractivity (Wildman–Crippen MR) is 250 cm³/mol. The zero-order valence-electron chi connectivity index (χ0n) is 41.1. The number of aliphatic hydroxyl groups excluding tert-OH is 2. The fourth-order valence-corrected chi connectivity index (χ4v) is 9.65. The van der Waals surface area contributed by atoms with Crippen LogP contribution in [-0.2, 0) is 42.9 Å². The number of rotatable bonds is 24. The molecule has 3 rings (SSSR count). The molecule has 2 aliphatic heterocycles. The van der Waals surface area contributed by atoms with Gasteiger partial charge in [0.25, 0.3) is 11.7 Å². The average Bonchev–Trinajstić information content (AvgIpc) is 3.28. The van der Waals surface area contributed by atoms with E-state index in [0.717, 1.165) is 37.7 Å². The highest BCUT2D eigenvalue weighted by atomic mass is 16.6. The first-order chi connectivity index (χ1) is 30.7. The summed E-state index contributed by atoms with van der Waals surface area (Å²) in [4.78, 5) is 67.0. The van der Waals surface area contributed by atoms with Gasteiger partial charge in [-0.15, -0.1) is 0 Å². The number of methoxy groups -OCH3 is 3. The van der Waals surface area contributed by atoms with Crippen LogP contribution in [0.25, 0.3) is 0 Å². The molecule has 3 fully saturated rings. The summed E-state index contributed by atoms with van der Waals surface area (Å²) in [6.45, 7) is 14.7. The molecule has 14 atom stereocenters. The minimum atomic E-state index is -2.30. The summed E-state index contributed by atoms with van der Waals surface area (Å²) in [6.07, 6.45) is 18.2. The number of carbonyl (C=O) groups is 5. The number of hydrogen-bond donors (Lipinski definition) is 3. The van der Waals surface area contributed by atoms with E-state index in [2.05, 4.69) is 6.92 Å². The van der Waals surface area contributed by atoms with Gasteiger partial charge in [-0.3, -0.25) is 24.0 Å². The van der Waals surface area contributed by atoms with Crippen molar-refractivity contribution >= 4 is 29.0 Å². The quantitative estimate of drug-likeness (QED) is 0.0390. The lowest BCUT2D eigenvalue weighted by Crippen LogP contribution is -2.60. The zero-order chi connectivity index (χ0) is 48.6. The molecule has 0 radical (unpaired) electrons. The van der Waals surface area contributed by atoms with Crippen molar-refractivity contribution in [2.45, 2.75) is 174 Å². The zero-order valence-corrected chi connectivity index (χ0v) is 41.1. The van der Waals surface area contributed by atoms with Crippen molar-refractivity contribution in [1.29, 1.82) is 0 Å². The van der Waals surface area contributed by atoms with Crippen molar-refractivity contribution in [3.8, 4) is 0 Å². The summed E-state index contributed by atoms with van der Waals surface area (Å²) >= 11 is 0. The van der Waals surface area contributed by atoms with Crippen LogP contribution in [0.5, 0.6) is 0 Å². The normalized spacial score (nSPS) is 29.4. The van der Waals surface area contributed by atoms with Crippen LogP contribution in [0.1, 0.15) is 126 Å². The predicted octanol–water partition coefficient (Wildman–Crippen LogP) is 7.01. The second kappa shape index (κ2) is 26.8. The summed E-state index contributed by atoms with van der Waals surface area (Å²) in [7, 11) is 4.61. The maximum atomic E-state index is 13.5. The largest absolute Gasteiger partial charge is 0.390 e. The number of likely N-dealkylation sites (tertiary alicyclic amines) is 1. The summed E-state index contributed by atoms with van der Waals surface area (Å²) in [6, 6.07) is -0.672. The van der Waals surface area contributed by atoms with Gasteiger partial charge in [-0.2, -0.15) is 0 Å². The van der Waals surface area contributed by atoms with Gasteiger partial charge in [0.05, 0.1) is 30.5 Å². The molecule has 65 heavy (non-hydrogen) atoms. The Balaban J connectivity index is 1.51. The van der Waals surface area contributed by atoms with E-state index in [0.29, 0.717) is 50.0 Å². The molecule has 0 aromatic carbocycles. The molecular weight excluding hydrogens is 831 g/mol. The second-order valence-electron chi connectivity index (χ2n) is 19.3. The molecule has 1 aliphatic carbocycles. The number of ketones is 4. The molecule has 3 N–H and O–H groups in total. The van der Waals surface area contributed by atoms with Gasteiger partial charge in [-0.25, -0.2) is 0 Å². The molecule has 0 unspecified atom stereocenters. The number of hydrogen-bond acceptors (Lipinski definition) is 12. The first-order valence-electron chi connectivity index (χ1n) is 23.8. The monoisotopic (exact) mass is 912 g/mol. The van der Waals surface area contributed by atoms with Crippen molar-refractivity contribution in [2.75, 3.05) is 27.9 Å². The molecule has 0 bridgehead atoms. The molecule has 1 saturated carbocycles. The van der Waals surface area contributed by atoms with Crippen LogP contribution in [0, 0.1) is 35.5 Å². The van der Waals surface area contributed by atoms with Crippen molar-refractivity contribution < 1.29 is 58.2 Å². The molecule has 13 nitrogen and oxygen atoms in total. The molecule has 366 valence electrons. The Morgan fingerprint density at radius 1 is 0.846 bits per heavy atom. The average molecular weight is 912 g/mol. The standard InChI is InChI=1S/C52H81NO12/c1-32(27-36(5)47(57)49(64-11)48(58)37(6)29-35(4)43(55)24-20-33(2)28-40-22-25-44(56)46(30-40)63-10)17-13-12-14-18-34(3)45(62-9)31-41-23-21-38(7)52(61,65-41)50(59)51(60)53-26-16-15-19-42(53)39(8)54/h12-14,17-18,20,24,29,32-33,35-36,38,40-42,44-46,48-49,56,58,61H,15-16,19,21-23,25-28,30-31H2,1-11H3/b14-12+,17-13+,24-20+,34-18+,37-29+/t32-,33+,35-,36+,38-,40+,41+,42+,44-,45+,46-,48-,49+,52-/m1/s1. The van der Waals surface area contributed by atoms with Crippen LogP contribution in [0.2, 0.25) is 0 Å². The minimum Gasteiger partial charge on any atom is -0.390 e. The van der Waals surface area contributed by atoms with Gasteiger partial charge in [0.2, 0.25) is 5.79 Å². The van der Waals surface area contributed by atoms with E-state index in [4.69, 9.17) is 18.9 Å². The van der Waals surface area contributed by atoms with Crippen LogP contribution < -0.4 is 0 Å². The fourth-order valence-electron chi connectivity index (χ4n) is 9.65. The molecule has 2 saturated heterocycles. The topological polar surface area (TPSA) is 186 Å². The molecule has 13 heteroatoms. The third-order valence-corrected chi connectivity index (χ3v) is 13.9. The van der Waals surface area contributed by atoms with E-state index in [1.54, 1.807) is 47.1 Å². The van der Waals surface area contributed by atoms with Crippen molar-refractivity contribution in [3.05, 3.63) is 59.8 Å². The molecule has 0 spiro atoms. The Labute approximate surface area is 388 Å². The van der Waals surface area contributed by atoms with Gasteiger partial charge < -0.3 is 39.2 Å². The van der Waals surface area contributed by atoms with E-state index >= 15 is 0 Å². The SMILES string of the molecule is CO[C@@H](C[C@@H]1CC[C@@H](C)[C@](O)(C(=O)C(=O)N2CCCC[C@H]2C(C)=O)O1)/C(C)=C/C=C/C=C/[C@@H](C)C[C@H](C)C(=O)[C@H](OC)[C@H](O)/C(C)=C/[C@@H](C)C(=O)/C=C/[C@H](C)C[C@@H]1CC[C@@H](O)[C@H](OC)C1. The van der Waals surface area contributed by atoms with E-state index in [9.17, 15) is 39.3 Å². The highest BCUT2D eigenvalue weighted by Crippen LogP contribution is 2.37. The van der Waals surface area contributed by atoms with Gasteiger partial charge in [0.1, 0.15) is 12.2 Å². The van der Waals surface area contributed by atoms with Crippen LogP contribution in [0.4, 0.5) is 0 Å². The molecule has 3 aliphatic rings. The number of allylic oxidation sites excluding steroid dienone is 8. The van der Waals surface area contributed by atoms with Crippen LogP contribution in [0.15, 0.2) is 59.8 Å². The van der Waals surface area contributed by atoms with Crippen molar-refractivity contribution in [3.63, 3.8) is 0 Å². The fraction of sp³-hybridized carbons (Fsp3) is 0.712. The van der Waals surface area contributed by atoms with E-state index in [1.807, 2.05) is 57.2 Å². The van der Waals surface area contributed by atoms with Crippen LogP contribution in [0.3, 0.4) is 0 Å². The number of ether oxygens (including phenoxy) is 4. The second-order valence-corrected chi connectivity index (χ2v) is 19.3. The highest BCUT2D eigenvalue weighted by molar-refractivity contribution is 6.39. The van der Waals surface area contributed by atoms with Crippen LogP contribution >= 0.6 is 0 Å². The number of nitrogens with zero attached hydrogens (tertiary/aromatic N) is 1. The van der Waals surface area contributed by atoms with Crippen molar-refractivity contribution in [1.82, 2.24) is 4.90 Å². The maximum Gasteiger partial charge on any atom is 0.296 e. The highest BCUT2D eigenvalue weighted by Gasteiger charge is 2.52. The Kier molecular flexibility index (Phi) is 23.0. The Hall–Kier alpha value is -3.43. The number of amides is 1. The van der Waals surface area contributed by atoms with Gasteiger partial charge in [0, 0.05) is 52.0 Å². The number of piperidine rings is 1. The number of aliphatic hydroxyl groups is 3. The summed E-state index contributed by atoms with van der Waals surface area (Å²) in [5.74, 6) is -5.60. The summed E-state index contributed by atoms with van der Waals surface area (Å²) < 4.78 is 22.8. The third-order valence-electron chi connectivity index (χ3n) is 13.9. The van der Waals surface area contributed by atoms with E-state index in [1.165, 1.54) is 18.9 Å². The Morgan fingerprint density at radius 2 is 1.55 bits per heavy atom. The molecule has 0 aromatic rings. The molecular formula is C52H81NO12. The van der Waals surface area contributed by atoms with Gasteiger partial charge in [-0.1, -0.05) is 77.2 Å². The Bertz CT molecular complexity index is 1750. The maximum absolute atomic E-state index is 13.5. The lowest BCUT2D eigenvalue weighted by Gasteiger charge is -2.42. The lowest BCUT2D eigenvalue weighted by molar-refractivity contribution is -0.265. The third kappa shape index (κ3) is 16.1. The Morgan fingerprint density at radius 3 is 2.20 bits per heavy atom. The van der Waals surface area contributed by atoms with E-state index in [-0.39, 0.29) is 47.9 Å². The van der Waals surface area contributed by atoms with Crippen molar-refractivity contribution in [2.24, 2.45) is 35.5 Å². The van der Waals surface area contributed by atoms with Gasteiger partial charge in [0.15, 0.2) is 17.3 Å².